The predicted octanol–water partition coefficient (Wildman–Crippen LogP) is 3.80. The third-order valence-electron chi connectivity index (χ3n) is 4.61. The highest BCUT2D eigenvalue weighted by molar-refractivity contribution is 7.16. The third kappa shape index (κ3) is 2.65. The number of halogens is 1. The van der Waals surface area contributed by atoms with Gasteiger partial charge in [-0.05, 0) is 29.3 Å². The quantitative estimate of drug-likeness (QED) is 0.506. The third-order valence-corrected chi connectivity index (χ3v) is 5.78. The van der Waals surface area contributed by atoms with Gasteiger partial charge >= 0.3 is 0 Å². The molecule has 0 aliphatic heterocycles. The minimum absolute atomic E-state index is 0. The van der Waals surface area contributed by atoms with Gasteiger partial charge in [0.1, 0.15) is 0 Å². The summed E-state index contributed by atoms with van der Waals surface area (Å²) in [6.45, 7) is 2.30. The fourth-order valence-electron chi connectivity index (χ4n) is 3.15. The number of hydrogen-bond acceptors (Lipinski definition) is 4. The zero-order valence-electron chi connectivity index (χ0n) is 13.4. The van der Waals surface area contributed by atoms with Crippen molar-refractivity contribution in [2.24, 2.45) is 0 Å². The number of benzene rings is 2. The molecule has 0 radical (unpaired) electrons. The Morgan fingerprint density at radius 2 is 1.67 bits per heavy atom. The first-order valence-corrected chi connectivity index (χ1v) is 8.59. The molecule has 0 saturated heterocycles. The molecule has 1 aromatic heterocycles. The molecule has 24 heavy (non-hydrogen) atoms. The molecule has 2 aromatic carbocycles. The smallest absolute Gasteiger partial charge is 0.0633 e. The van der Waals surface area contributed by atoms with Crippen molar-refractivity contribution in [3.63, 3.8) is 0 Å². The molecule has 3 N–H and O–H groups in total. The molecule has 0 atom stereocenters. The maximum absolute atomic E-state index is 9.39. The summed E-state index contributed by atoms with van der Waals surface area (Å²) in [4.78, 5) is 2.54. The SMILES string of the molecule is CC(CO)(CO)NCc1cc2c(s1)-c1cccc3cccc-2c13.Cl. The number of fused-ring (bicyclic) bond motifs is 3. The lowest BCUT2D eigenvalue weighted by Gasteiger charge is -2.25. The fraction of sp³-hybridized carbons (Fsp3) is 0.263. The topological polar surface area (TPSA) is 52.5 Å². The van der Waals surface area contributed by atoms with Gasteiger partial charge in [0.05, 0.1) is 18.8 Å². The summed E-state index contributed by atoms with van der Waals surface area (Å²) in [6.07, 6.45) is 0. The summed E-state index contributed by atoms with van der Waals surface area (Å²) < 4.78 is 0. The van der Waals surface area contributed by atoms with E-state index < -0.39 is 5.54 Å². The Kier molecular flexibility index (Phi) is 4.69. The Balaban J connectivity index is 0.00000169. The second-order valence-corrected chi connectivity index (χ2v) is 7.53. The molecule has 3 aromatic rings. The lowest BCUT2D eigenvalue weighted by molar-refractivity contribution is 0.103. The highest BCUT2D eigenvalue weighted by atomic mass is 35.5. The van der Waals surface area contributed by atoms with Crippen LogP contribution in [-0.2, 0) is 6.54 Å². The second-order valence-electron chi connectivity index (χ2n) is 6.40. The summed E-state index contributed by atoms with van der Waals surface area (Å²) in [7, 11) is 0. The molecule has 5 heteroatoms. The van der Waals surface area contributed by atoms with Gasteiger partial charge in [-0.1, -0.05) is 36.4 Å². The van der Waals surface area contributed by atoms with E-state index >= 15 is 0 Å². The molecule has 0 amide bonds. The molecular formula is C19H20ClNO2S. The van der Waals surface area contributed by atoms with E-state index in [1.54, 1.807) is 11.3 Å². The zero-order chi connectivity index (χ0) is 16.0. The lowest BCUT2D eigenvalue weighted by atomic mass is 10.0. The molecule has 0 fully saturated rings. The van der Waals surface area contributed by atoms with Gasteiger partial charge in [-0.15, -0.1) is 23.7 Å². The standard InChI is InChI=1S/C19H19NO2S.ClH/c1-19(10-21,11-22)20-9-13-8-16-14-6-2-4-12-5-3-7-15(17(12)14)18(16)23-13;/h2-8,20-22H,9-11H2,1H3;1H. The van der Waals surface area contributed by atoms with Crippen LogP contribution < -0.4 is 5.32 Å². The molecule has 0 unspecified atom stereocenters. The molecule has 1 aliphatic rings. The second kappa shape index (κ2) is 6.47. The Morgan fingerprint density at radius 1 is 1.00 bits per heavy atom. The van der Waals surface area contributed by atoms with Crippen molar-refractivity contribution in [1.29, 1.82) is 0 Å². The van der Waals surface area contributed by atoms with E-state index in [2.05, 4.69) is 47.8 Å². The number of hydrogen-bond donors (Lipinski definition) is 3. The first kappa shape index (κ1) is 17.4. The largest absolute Gasteiger partial charge is 0.394 e. The van der Waals surface area contributed by atoms with Gasteiger partial charge in [-0.3, -0.25) is 0 Å². The van der Waals surface area contributed by atoms with Gasteiger partial charge in [0.15, 0.2) is 0 Å². The monoisotopic (exact) mass is 361 g/mol. The van der Waals surface area contributed by atoms with E-state index in [4.69, 9.17) is 0 Å². The zero-order valence-corrected chi connectivity index (χ0v) is 15.0. The maximum atomic E-state index is 9.39. The summed E-state index contributed by atoms with van der Waals surface area (Å²) in [5.74, 6) is 0. The molecule has 1 aliphatic carbocycles. The predicted molar refractivity (Wildman–Crippen MR) is 103 cm³/mol. The van der Waals surface area contributed by atoms with Crippen molar-refractivity contribution in [2.45, 2.75) is 19.0 Å². The van der Waals surface area contributed by atoms with Gasteiger partial charge in [0.25, 0.3) is 0 Å². The van der Waals surface area contributed by atoms with Crippen LogP contribution in [0.4, 0.5) is 0 Å². The average molecular weight is 362 g/mol. The lowest BCUT2D eigenvalue weighted by Crippen LogP contribution is -2.48. The summed E-state index contributed by atoms with van der Waals surface area (Å²) in [6, 6.07) is 15.2. The van der Waals surface area contributed by atoms with Gasteiger partial charge in [0, 0.05) is 27.4 Å². The highest BCUT2D eigenvalue weighted by Crippen LogP contribution is 2.50. The molecule has 126 valence electrons. The first-order chi connectivity index (χ1) is 11.1. The number of aliphatic hydroxyl groups excluding tert-OH is 2. The molecule has 0 spiro atoms. The number of thiophene rings is 1. The van der Waals surface area contributed by atoms with Crippen LogP contribution in [0.15, 0.2) is 42.5 Å². The van der Waals surface area contributed by atoms with Crippen molar-refractivity contribution in [1.82, 2.24) is 5.32 Å². The van der Waals surface area contributed by atoms with Crippen LogP contribution in [-0.4, -0.2) is 29.0 Å². The van der Waals surface area contributed by atoms with Crippen molar-refractivity contribution in [3.05, 3.63) is 47.3 Å². The Morgan fingerprint density at radius 3 is 2.33 bits per heavy atom. The Bertz CT molecular complexity index is 830. The van der Waals surface area contributed by atoms with E-state index in [-0.39, 0.29) is 25.6 Å². The van der Waals surface area contributed by atoms with Crippen molar-refractivity contribution in [3.8, 4) is 21.6 Å². The van der Waals surface area contributed by atoms with Gasteiger partial charge in [0.2, 0.25) is 0 Å². The van der Waals surface area contributed by atoms with Crippen molar-refractivity contribution in [2.75, 3.05) is 13.2 Å². The van der Waals surface area contributed by atoms with E-state index in [1.807, 2.05) is 6.92 Å². The van der Waals surface area contributed by atoms with Crippen molar-refractivity contribution < 1.29 is 10.2 Å². The van der Waals surface area contributed by atoms with Crippen LogP contribution in [0.5, 0.6) is 0 Å². The number of rotatable bonds is 5. The van der Waals surface area contributed by atoms with E-state index in [9.17, 15) is 10.2 Å². The van der Waals surface area contributed by atoms with Crippen LogP contribution in [0.1, 0.15) is 11.8 Å². The first-order valence-electron chi connectivity index (χ1n) is 7.77. The number of nitrogens with one attached hydrogen (secondary N) is 1. The van der Waals surface area contributed by atoms with E-state index in [1.165, 1.54) is 37.2 Å². The minimum Gasteiger partial charge on any atom is -0.394 e. The number of aliphatic hydroxyl groups is 2. The Hall–Kier alpha value is -1.43. The molecular weight excluding hydrogens is 342 g/mol. The molecule has 4 rings (SSSR count). The normalized spacial score (nSPS) is 12.3. The van der Waals surface area contributed by atoms with Crippen LogP contribution in [0.2, 0.25) is 0 Å². The molecule has 0 saturated carbocycles. The van der Waals surface area contributed by atoms with E-state index in [0.29, 0.717) is 6.54 Å². The van der Waals surface area contributed by atoms with Gasteiger partial charge < -0.3 is 15.5 Å². The molecule has 0 bridgehead atoms. The summed E-state index contributed by atoms with van der Waals surface area (Å²) in [5.41, 5.74) is 3.28. The van der Waals surface area contributed by atoms with Crippen molar-refractivity contribution >= 4 is 34.5 Å². The van der Waals surface area contributed by atoms with Crippen LogP contribution in [0.25, 0.3) is 32.3 Å². The summed E-state index contributed by atoms with van der Waals surface area (Å²) >= 11 is 1.79. The van der Waals surface area contributed by atoms with E-state index in [0.717, 1.165) is 0 Å². The van der Waals surface area contributed by atoms with Crippen LogP contribution >= 0.6 is 23.7 Å². The summed E-state index contributed by atoms with van der Waals surface area (Å²) in [5, 5.41) is 24.7. The van der Waals surface area contributed by atoms with Crippen LogP contribution in [0.3, 0.4) is 0 Å². The minimum atomic E-state index is -0.646. The van der Waals surface area contributed by atoms with Crippen LogP contribution in [0, 0.1) is 0 Å². The fourth-order valence-corrected chi connectivity index (χ4v) is 4.29. The maximum Gasteiger partial charge on any atom is 0.0633 e. The highest BCUT2D eigenvalue weighted by Gasteiger charge is 2.25. The molecule has 1 heterocycles. The average Bonchev–Trinajstić information content (AvgIpc) is 3.13. The Labute approximate surface area is 151 Å². The van der Waals surface area contributed by atoms with Gasteiger partial charge in [-0.25, -0.2) is 0 Å². The van der Waals surface area contributed by atoms with Gasteiger partial charge in [-0.2, -0.15) is 0 Å². The molecule has 3 nitrogen and oxygen atoms in total.